The topological polar surface area (TPSA) is 23.8 Å². The number of hydrogen-bond donors (Lipinski definition) is 0. The summed E-state index contributed by atoms with van der Waals surface area (Å²) in [4.78, 5) is 7.47. The SMILES string of the molecule is CCN(CC)[P@]1(=S)/C(=C2\N(C)c3ccccc3C2(C)C)C=Nc2c1c(C)cn2-c1ccccc1. The Morgan fingerprint density at radius 3 is 2.29 bits per heavy atom. The fourth-order valence-electron chi connectivity index (χ4n) is 5.79. The van der Waals surface area contributed by atoms with Crippen molar-refractivity contribution in [3.05, 3.63) is 82.9 Å². The predicted molar refractivity (Wildman–Crippen MR) is 150 cm³/mol. The number of anilines is 1. The maximum Gasteiger partial charge on any atom is 0.147 e. The van der Waals surface area contributed by atoms with Crippen LogP contribution in [0.25, 0.3) is 5.69 Å². The number of allylic oxidation sites excluding steroid dienone is 2. The average Bonchev–Trinajstić information content (AvgIpc) is 3.28. The highest BCUT2D eigenvalue weighted by Crippen LogP contribution is 2.64. The van der Waals surface area contributed by atoms with Crippen molar-refractivity contribution < 1.29 is 0 Å². The molecule has 0 aliphatic carbocycles. The van der Waals surface area contributed by atoms with E-state index in [1.54, 1.807) is 0 Å². The lowest BCUT2D eigenvalue weighted by atomic mass is 9.84. The van der Waals surface area contributed by atoms with Gasteiger partial charge in [0, 0.05) is 60.3 Å². The standard InChI is InChI=1S/C28H33N4PS/c1-7-31(8-2)33(34)24(26-28(4,5)22-16-12-13-17-23(22)30(26)6)18-29-27-25(33)20(3)19-32(27)21-14-10-9-11-15-21/h9-19H,7-8H2,1-6H3/b26-24-/t33-/m0/s1. The minimum Gasteiger partial charge on any atom is -0.346 e. The highest BCUT2D eigenvalue weighted by Gasteiger charge is 2.46. The van der Waals surface area contributed by atoms with Crippen molar-refractivity contribution in [1.29, 1.82) is 0 Å². The molecule has 0 amide bonds. The summed E-state index contributed by atoms with van der Waals surface area (Å²) in [6.45, 7) is 13.1. The van der Waals surface area contributed by atoms with Gasteiger partial charge in [-0.1, -0.05) is 75.9 Å². The molecular formula is C28H33N4PS. The van der Waals surface area contributed by atoms with E-state index in [0.29, 0.717) is 0 Å². The van der Waals surface area contributed by atoms with Crippen LogP contribution in [0.4, 0.5) is 11.5 Å². The summed E-state index contributed by atoms with van der Waals surface area (Å²) in [6.07, 6.45) is 1.99. The largest absolute Gasteiger partial charge is 0.346 e. The third-order valence-corrected chi connectivity index (χ3v) is 12.7. The molecular weight excluding hydrogens is 455 g/mol. The summed E-state index contributed by atoms with van der Waals surface area (Å²) < 4.78 is 4.73. The van der Waals surface area contributed by atoms with Gasteiger partial charge in [-0.15, -0.1) is 0 Å². The number of fused-ring (bicyclic) bond motifs is 2. The van der Waals surface area contributed by atoms with E-state index in [-0.39, 0.29) is 5.41 Å². The molecule has 3 aromatic rings. The van der Waals surface area contributed by atoms with Crippen molar-refractivity contribution in [1.82, 2.24) is 9.24 Å². The number of nitrogens with zero attached hydrogens (tertiary/aromatic N) is 4. The van der Waals surface area contributed by atoms with Gasteiger partial charge in [0.05, 0.1) is 11.5 Å². The Morgan fingerprint density at radius 1 is 1.00 bits per heavy atom. The average molecular weight is 489 g/mol. The van der Waals surface area contributed by atoms with Crippen molar-refractivity contribution in [3.63, 3.8) is 0 Å². The van der Waals surface area contributed by atoms with Crippen molar-refractivity contribution in [2.24, 2.45) is 4.99 Å². The lowest BCUT2D eigenvalue weighted by Gasteiger charge is -2.40. The zero-order valence-electron chi connectivity index (χ0n) is 20.9. The minimum absolute atomic E-state index is 0.155. The molecule has 1 aromatic heterocycles. The van der Waals surface area contributed by atoms with Crippen LogP contribution in [-0.2, 0) is 17.2 Å². The van der Waals surface area contributed by atoms with Gasteiger partial charge in [0.15, 0.2) is 0 Å². The molecule has 5 rings (SSSR count). The number of aromatic nitrogens is 1. The Hall–Kier alpha value is -2.46. The molecule has 0 bridgehead atoms. The third kappa shape index (κ3) is 3.14. The monoisotopic (exact) mass is 488 g/mol. The van der Waals surface area contributed by atoms with Crippen LogP contribution in [0.3, 0.4) is 0 Å². The molecule has 0 saturated carbocycles. The molecule has 34 heavy (non-hydrogen) atoms. The van der Waals surface area contributed by atoms with E-state index in [4.69, 9.17) is 16.8 Å². The molecule has 2 aliphatic rings. The summed E-state index contributed by atoms with van der Waals surface area (Å²) in [5.74, 6) is 0.985. The second kappa shape index (κ2) is 8.34. The first-order valence-electron chi connectivity index (χ1n) is 12.0. The molecule has 0 saturated heterocycles. The Kier molecular flexibility index (Phi) is 5.71. The van der Waals surface area contributed by atoms with Crippen molar-refractivity contribution in [3.8, 4) is 5.69 Å². The second-order valence-electron chi connectivity index (χ2n) is 9.60. The molecule has 0 unspecified atom stereocenters. The number of hydrogen-bond acceptors (Lipinski definition) is 3. The van der Waals surface area contributed by atoms with Gasteiger partial charge in [-0.25, -0.2) is 4.99 Å². The van der Waals surface area contributed by atoms with Gasteiger partial charge in [0.1, 0.15) is 5.82 Å². The quantitative estimate of drug-likeness (QED) is 0.392. The molecule has 3 heterocycles. The molecule has 6 heteroatoms. The Morgan fingerprint density at radius 2 is 1.65 bits per heavy atom. The van der Waals surface area contributed by atoms with Crippen molar-refractivity contribution in [2.45, 2.75) is 40.0 Å². The molecule has 0 fully saturated rings. The lowest BCUT2D eigenvalue weighted by Crippen LogP contribution is -2.33. The van der Waals surface area contributed by atoms with Crippen LogP contribution in [-0.4, -0.2) is 35.6 Å². The minimum atomic E-state index is -2.32. The predicted octanol–water partition coefficient (Wildman–Crippen LogP) is 6.50. The first kappa shape index (κ1) is 23.3. The van der Waals surface area contributed by atoms with Crippen LogP contribution in [0.1, 0.15) is 38.8 Å². The fourth-order valence-corrected chi connectivity index (χ4v) is 11.1. The maximum absolute atomic E-state index is 6.85. The Labute approximate surface area is 208 Å². The summed E-state index contributed by atoms with van der Waals surface area (Å²) in [5, 5.41) is 2.46. The van der Waals surface area contributed by atoms with E-state index in [2.05, 4.69) is 117 Å². The van der Waals surface area contributed by atoms with Crippen LogP contribution in [0.15, 0.2) is 76.8 Å². The lowest BCUT2D eigenvalue weighted by molar-refractivity contribution is 0.511. The first-order chi connectivity index (χ1) is 16.3. The van der Waals surface area contributed by atoms with E-state index in [0.717, 1.165) is 24.6 Å². The molecule has 0 spiro atoms. The molecule has 0 radical (unpaired) electrons. The van der Waals surface area contributed by atoms with E-state index in [1.807, 2.05) is 6.07 Å². The molecule has 176 valence electrons. The Balaban J connectivity index is 1.83. The molecule has 2 aromatic carbocycles. The molecule has 4 nitrogen and oxygen atoms in total. The van der Waals surface area contributed by atoms with Gasteiger partial charge in [0.2, 0.25) is 0 Å². The summed E-state index contributed by atoms with van der Waals surface area (Å²) in [6, 6.07) is 19.2. The zero-order chi connectivity index (χ0) is 24.3. The van der Waals surface area contributed by atoms with Crippen LogP contribution in [0.2, 0.25) is 0 Å². The molecule has 2 aliphatic heterocycles. The molecule has 1 atom stereocenters. The number of rotatable bonds is 4. The van der Waals surface area contributed by atoms with Gasteiger partial charge in [-0.2, -0.15) is 0 Å². The van der Waals surface area contributed by atoms with Gasteiger partial charge in [-0.3, -0.25) is 4.67 Å². The summed E-state index contributed by atoms with van der Waals surface area (Å²) in [7, 11) is 2.18. The van der Waals surface area contributed by atoms with Crippen molar-refractivity contribution in [2.75, 3.05) is 25.0 Å². The van der Waals surface area contributed by atoms with Crippen LogP contribution in [0.5, 0.6) is 0 Å². The van der Waals surface area contributed by atoms with E-state index < -0.39 is 6.19 Å². The van der Waals surface area contributed by atoms with Gasteiger partial charge < -0.3 is 9.47 Å². The number of aliphatic imine (C=N–C) groups is 1. The maximum atomic E-state index is 6.85. The van der Waals surface area contributed by atoms with Gasteiger partial charge in [-0.05, 0) is 36.2 Å². The number of aryl methyl sites for hydroxylation is 1. The third-order valence-electron chi connectivity index (χ3n) is 7.35. The van der Waals surface area contributed by atoms with E-state index >= 15 is 0 Å². The van der Waals surface area contributed by atoms with Crippen LogP contribution < -0.4 is 10.2 Å². The van der Waals surface area contributed by atoms with Crippen LogP contribution in [0, 0.1) is 6.92 Å². The highest BCUT2D eigenvalue weighted by molar-refractivity contribution is 8.19. The van der Waals surface area contributed by atoms with Gasteiger partial charge >= 0.3 is 0 Å². The van der Waals surface area contributed by atoms with Crippen molar-refractivity contribution >= 4 is 41.0 Å². The number of likely N-dealkylation sites (N-methyl/N-ethyl adjacent to an activating group) is 1. The Bertz CT molecular complexity index is 1360. The highest BCUT2D eigenvalue weighted by atomic mass is 32.4. The van der Waals surface area contributed by atoms with Crippen LogP contribution >= 0.6 is 6.19 Å². The number of benzene rings is 2. The summed E-state index contributed by atoms with van der Waals surface area (Å²) in [5.41, 5.74) is 6.07. The number of para-hydroxylation sites is 2. The normalized spacial score (nSPS) is 22.9. The van der Waals surface area contributed by atoms with Gasteiger partial charge in [0.25, 0.3) is 0 Å². The first-order valence-corrected chi connectivity index (χ1v) is 14.8. The second-order valence-corrected chi connectivity index (χ2v) is 13.8. The molecule has 0 N–H and O–H groups in total. The summed E-state index contributed by atoms with van der Waals surface area (Å²) >= 11 is 6.85. The smallest absolute Gasteiger partial charge is 0.147 e. The van der Waals surface area contributed by atoms with E-state index in [9.17, 15) is 0 Å². The van der Waals surface area contributed by atoms with E-state index in [1.165, 1.54) is 33.1 Å². The zero-order valence-corrected chi connectivity index (χ0v) is 22.6. The fraction of sp³-hybridized carbons (Fsp3) is 0.321.